The van der Waals surface area contributed by atoms with Crippen LogP contribution < -0.4 is 10.6 Å². The molecule has 1 fully saturated rings. The number of hydrogen-bond donors (Lipinski definition) is 2. The van der Waals surface area contributed by atoms with Gasteiger partial charge >= 0.3 is 0 Å². The number of hydrogen-bond acceptors (Lipinski definition) is 3. The van der Waals surface area contributed by atoms with Crippen molar-refractivity contribution in [2.24, 2.45) is 0 Å². The van der Waals surface area contributed by atoms with Crippen LogP contribution in [0.5, 0.6) is 0 Å². The minimum atomic E-state index is 0.209. The first-order chi connectivity index (χ1) is 6.08. The molecule has 4 heteroatoms. The normalized spacial score (nSPS) is 24.7. The predicted molar refractivity (Wildman–Crippen MR) is 53.5 cm³/mol. The molecule has 4 nitrogen and oxygen atoms in total. The van der Waals surface area contributed by atoms with Gasteiger partial charge in [-0.1, -0.05) is 0 Å². The molecule has 0 amide bonds. The summed E-state index contributed by atoms with van der Waals surface area (Å²) in [4.78, 5) is 0. The highest BCUT2D eigenvalue weighted by Gasteiger charge is 2.13. The Balaban J connectivity index is 2.04. The number of quaternary nitrogens is 1. The maximum atomic E-state index is 5.67. The number of ether oxygens (including phenoxy) is 1. The van der Waals surface area contributed by atoms with Gasteiger partial charge in [-0.3, -0.25) is 5.32 Å². The lowest BCUT2D eigenvalue weighted by molar-refractivity contribution is -0.870. The first-order valence-corrected chi connectivity index (χ1v) is 4.94. The van der Waals surface area contributed by atoms with Gasteiger partial charge in [0.15, 0.2) is 0 Å². The van der Waals surface area contributed by atoms with E-state index in [1.807, 2.05) is 0 Å². The molecule has 0 aliphatic carbocycles. The molecule has 0 spiro atoms. The lowest BCUT2D eigenvalue weighted by atomic mass is 10.4. The highest BCUT2D eigenvalue weighted by atomic mass is 16.5. The van der Waals surface area contributed by atoms with E-state index < -0.39 is 0 Å². The highest BCUT2D eigenvalue weighted by molar-refractivity contribution is 4.66. The number of rotatable bonds is 4. The van der Waals surface area contributed by atoms with E-state index in [9.17, 15) is 0 Å². The zero-order valence-corrected chi connectivity index (χ0v) is 8.97. The number of likely N-dealkylation sites (N-methyl/N-ethyl adjacent to an activating group) is 1. The number of nitrogens with one attached hydrogen (secondary N) is 2. The molecule has 0 bridgehead atoms. The maximum absolute atomic E-state index is 5.67. The van der Waals surface area contributed by atoms with Crippen molar-refractivity contribution in [2.45, 2.75) is 6.23 Å². The van der Waals surface area contributed by atoms with Crippen LogP contribution in [0.3, 0.4) is 0 Å². The first-order valence-electron chi connectivity index (χ1n) is 4.94. The summed E-state index contributed by atoms with van der Waals surface area (Å²) in [6, 6.07) is 0. The van der Waals surface area contributed by atoms with Gasteiger partial charge in [-0.25, -0.2) is 0 Å². The molecule has 1 aliphatic heterocycles. The second-order valence-electron chi connectivity index (χ2n) is 4.53. The topological polar surface area (TPSA) is 33.3 Å². The molecule has 1 saturated heterocycles. The second-order valence-corrected chi connectivity index (χ2v) is 4.53. The zero-order valence-electron chi connectivity index (χ0n) is 8.97. The molecule has 1 unspecified atom stereocenters. The summed E-state index contributed by atoms with van der Waals surface area (Å²) in [5, 5.41) is 6.60. The molecule has 0 radical (unpaired) electrons. The summed E-state index contributed by atoms with van der Waals surface area (Å²) in [5.74, 6) is 0. The monoisotopic (exact) mass is 188 g/mol. The van der Waals surface area contributed by atoms with E-state index in [1.54, 1.807) is 0 Å². The van der Waals surface area contributed by atoms with Gasteiger partial charge in [0.25, 0.3) is 0 Å². The van der Waals surface area contributed by atoms with Gasteiger partial charge in [0, 0.05) is 19.6 Å². The summed E-state index contributed by atoms with van der Waals surface area (Å²) >= 11 is 0. The molecule has 0 aromatic carbocycles. The molecule has 0 aromatic rings. The largest absolute Gasteiger partial charge is 0.356 e. The van der Waals surface area contributed by atoms with Gasteiger partial charge in [-0.2, -0.15) is 0 Å². The molecule has 0 saturated carbocycles. The van der Waals surface area contributed by atoms with Crippen LogP contribution in [0.25, 0.3) is 0 Å². The number of nitrogens with zero attached hydrogens (tertiary/aromatic N) is 1. The van der Waals surface area contributed by atoms with Crippen molar-refractivity contribution >= 4 is 0 Å². The van der Waals surface area contributed by atoms with Crippen molar-refractivity contribution in [3.63, 3.8) is 0 Å². The fraction of sp³-hybridized carbons (Fsp3) is 1.00. The van der Waals surface area contributed by atoms with Crippen LogP contribution >= 0.6 is 0 Å². The SMILES string of the molecule is C[N+](C)(C)CCOC1CNCCN1. The van der Waals surface area contributed by atoms with Crippen molar-refractivity contribution in [3.05, 3.63) is 0 Å². The first kappa shape index (κ1) is 10.9. The van der Waals surface area contributed by atoms with Crippen LogP contribution in [0.15, 0.2) is 0 Å². The third-order valence-corrected chi connectivity index (χ3v) is 2.08. The van der Waals surface area contributed by atoms with E-state index in [0.29, 0.717) is 0 Å². The van der Waals surface area contributed by atoms with Crippen LogP contribution in [0.2, 0.25) is 0 Å². The Morgan fingerprint density at radius 3 is 2.62 bits per heavy atom. The Kier molecular flexibility index (Phi) is 4.12. The Bertz CT molecular complexity index is 138. The average Bonchev–Trinajstić information content (AvgIpc) is 2.04. The maximum Gasteiger partial charge on any atom is 0.121 e. The molecule has 1 aliphatic rings. The fourth-order valence-electron chi connectivity index (χ4n) is 1.21. The van der Waals surface area contributed by atoms with E-state index in [0.717, 1.165) is 37.3 Å². The van der Waals surface area contributed by atoms with Crippen molar-refractivity contribution in [1.82, 2.24) is 10.6 Å². The molecule has 78 valence electrons. The minimum Gasteiger partial charge on any atom is -0.356 e. The van der Waals surface area contributed by atoms with Gasteiger partial charge in [0.1, 0.15) is 12.8 Å². The standard InChI is InChI=1S/C9H22N3O/c1-12(2,3)6-7-13-9-8-10-4-5-11-9/h9-11H,4-8H2,1-3H3/q+1. The molecular formula is C9H22N3O+. The van der Waals surface area contributed by atoms with E-state index in [2.05, 4.69) is 31.8 Å². The lowest BCUT2D eigenvalue weighted by Crippen LogP contribution is -2.50. The Hall–Kier alpha value is -0.160. The summed E-state index contributed by atoms with van der Waals surface area (Å²) < 4.78 is 6.63. The minimum absolute atomic E-state index is 0.209. The number of piperazine rings is 1. The quantitative estimate of drug-likeness (QED) is 0.568. The molecule has 2 N–H and O–H groups in total. The van der Waals surface area contributed by atoms with Crippen molar-refractivity contribution in [2.75, 3.05) is 53.9 Å². The molecule has 1 atom stereocenters. The average molecular weight is 188 g/mol. The highest BCUT2D eigenvalue weighted by Crippen LogP contribution is 1.93. The molecular weight excluding hydrogens is 166 g/mol. The van der Waals surface area contributed by atoms with Crippen LogP contribution in [0.4, 0.5) is 0 Å². The Morgan fingerprint density at radius 2 is 2.08 bits per heavy atom. The predicted octanol–water partition coefficient (Wildman–Crippen LogP) is -0.772. The fourth-order valence-corrected chi connectivity index (χ4v) is 1.21. The molecule has 1 rings (SSSR count). The summed E-state index contributed by atoms with van der Waals surface area (Å²) in [7, 11) is 6.53. The summed E-state index contributed by atoms with van der Waals surface area (Å²) in [6.45, 7) is 4.86. The van der Waals surface area contributed by atoms with Crippen molar-refractivity contribution < 1.29 is 9.22 Å². The van der Waals surface area contributed by atoms with Crippen molar-refractivity contribution in [1.29, 1.82) is 0 Å². The van der Waals surface area contributed by atoms with Crippen LogP contribution in [0, 0.1) is 0 Å². The van der Waals surface area contributed by atoms with Gasteiger partial charge in [-0.05, 0) is 0 Å². The second kappa shape index (κ2) is 4.91. The molecule has 13 heavy (non-hydrogen) atoms. The van der Waals surface area contributed by atoms with Gasteiger partial charge < -0.3 is 14.5 Å². The van der Waals surface area contributed by atoms with E-state index in [1.165, 1.54) is 0 Å². The molecule has 0 aromatic heterocycles. The van der Waals surface area contributed by atoms with Gasteiger partial charge in [0.2, 0.25) is 0 Å². The van der Waals surface area contributed by atoms with Crippen LogP contribution in [-0.2, 0) is 4.74 Å². The van der Waals surface area contributed by atoms with E-state index >= 15 is 0 Å². The van der Waals surface area contributed by atoms with Gasteiger partial charge in [-0.15, -0.1) is 0 Å². The van der Waals surface area contributed by atoms with Crippen molar-refractivity contribution in [3.8, 4) is 0 Å². The zero-order chi connectivity index (χ0) is 9.73. The van der Waals surface area contributed by atoms with E-state index in [-0.39, 0.29) is 6.23 Å². The third kappa shape index (κ3) is 5.21. The van der Waals surface area contributed by atoms with Crippen LogP contribution in [0.1, 0.15) is 0 Å². The Morgan fingerprint density at radius 1 is 1.31 bits per heavy atom. The lowest BCUT2D eigenvalue weighted by Gasteiger charge is -2.28. The molecule has 1 heterocycles. The third-order valence-electron chi connectivity index (χ3n) is 2.08. The summed E-state index contributed by atoms with van der Waals surface area (Å²) in [6.07, 6.45) is 0.209. The smallest absolute Gasteiger partial charge is 0.121 e. The van der Waals surface area contributed by atoms with Gasteiger partial charge in [0.05, 0.1) is 27.7 Å². The van der Waals surface area contributed by atoms with Crippen LogP contribution in [-0.4, -0.2) is 64.6 Å². The summed E-state index contributed by atoms with van der Waals surface area (Å²) in [5.41, 5.74) is 0. The van der Waals surface area contributed by atoms with E-state index in [4.69, 9.17) is 4.74 Å². The Labute approximate surface area is 80.8 Å².